The summed E-state index contributed by atoms with van der Waals surface area (Å²) in [6, 6.07) is 5.90. The van der Waals surface area contributed by atoms with E-state index in [1.807, 2.05) is 0 Å². The number of hydrogen-bond donors (Lipinski definition) is 2. The van der Waals surface area contributed by atoms with Crippen LogP contribution < -0.4 is 5.32 Å². The Labute approximate surface area is 152 Å². The fourth-order valence-corrected chi connectivity index (χ4v) is 3.27. The fourth-order valence-electron chi connectivity index (χ4n) is 2.18. The van der Waals surface area contributed by atoms with E-state index in [2.05, 4.69) is 14.7 Å². The average molecular weight is 401 g/mol. The van der Waals surface area contributed by atoms with E-state index in [0.29, 0.717) is 4.31 Å². The van der Waals surface area contributed by atoms with Gasteiger partial charge in [0.25, 0.3) is 5.91 Å². The molecule has 0 saturated heterocycles. The molecule has 0 radical (unpaired) electrons. The first kappa shape index (κ1) is 18.1. The van der Waals surface area contributed by atoms with Gasteiger partial charge in [0.15, 0.2) is 5.95 Å². The van der Waals surface area contributed by atoms with Crippen molar-refractivity contribution in [1.29, 1.82) is 0 Å². The minimum atomic E-state index is -4.19. The van der Waals surface area contributed by atoms with Gasteiger partial charge in [-0.1, -0.05) is 11.6 Å². The molecule has 0 saturated carbocycles. The third-order valence-electron chi connectivity index (χ3n) is 3.51. The maximum absolute atomic E-state index is 13.2. The van der Waals surface area contributed by atoms with Crippen LogP contribution in [0, 0.1) is 11.8 Å². The molecule has 26 heavy (non-hydrogen) atoms. The zero-order valence-corrected chi connectivity index (χ0v) is 14.7. The molecule has 136 valence electrons. The van der Waals surface area contributed by atoms with Gasteiger partial charge in [-0.3, -0.25) is 4.79 Å². The monoisotopic (exact) mass is 400 g/mol. The van der Waals surface area contributed by atoms with Crippen LogP contribution in [0.5, 0.6) is 0 Å². The molecule has 0 bridgehead atoms. The summed E-state index contributed by atoms with van der Waals surface area (Å²) in [7, 11) is -3.04. The number of aromatic nitrogens is 1. The first-order chi connectivity index (χ1) is 12.2. The van der Waals surface area contributed by atoms with Crippen molar-refractivity contribution in [3.05, 3.63) is 64.6 Å². The number of allylic oxidation sites excluding steroid dienone is 1. The Morgan fingerprint density at radius 3 is 2.62 bits per heavy atom. The largest absolute Gasteiger partial charge is 0.345 e. The van der Waals surface area contributed by atoms with Crippen LogP contribution in [-0.4, -0.2) is 36.4 Å². The number of rotatable bonds is 3. The van der Waals surface area contributed by atoms with Gasteiger partial charge in [-0.2, -0.15) is 12.8 Å². The summed E-state index contributed by atoms with van der Waals surface area (Å²) in [5, 5.41) is 2.22. The van der Waals surface area contributed by atoms with Crippen molar-refractivity contribution < 1.29 is 22.0 Å². The van der Waals surface area contributed by atoms with Gasteiger partial charge < -0.3 is 10.3 Å². The maximum Gasteiger partial charge on any atom is 0.345 e. The lowest BCUT2D eigenvalue weighted by Crippen LogP contribution is -2.35. The number of nitrogens with zero attached hydrogens (tertiary/aromatic N) is 2. The van der Waals surface area contributed by atoms with Gasteiger partial charge in [-0.15, -0.1) is 4.40 Å². The predicted molar refractivity (Wildman–Crippen MR) is 92.1 cm³/mol. The SMILES string of the molecule is CN1C(C(=O)Nc2ccc(F)c(Cl)c2)=CC(c2ccc(F)[nH]2)=NS1(=O)=O. The Morgan fingerprint density at radius 2 is 2.00 bits per heavy atom. The topological polar surface area (TPSA) is 94.6 Å². The van der Waals surface area contributed by atoms with Gasteiger partial charge in [-0.25, -0.2) is 8.70 Å². The third-order valence-corrected chi connectivity index (χ3v) is 5.11. The lowest BCUT2D eigenvalue weighted by atomic mass is 10.2. The van der Waals surface area contributed by atoms with Crippen molar-refractivity contribution in [3.8, 4) is 0 Å². The molecular weight excluding hydrogens is 390 g/mol. The molecule has 1 aromatic heterocycles. The maximum atomic E-state index is 13.2. The van der Waals surface area contributed by atoms with Crippen molar-refractivity contribution in [3.63, 3.8) is 0 Å². The molecule has 1 amide bonds. The molecule has 2 aromatic rings. The van der Waals surface area contributed by atoms with Crippen molar-refractivity contribution in [1.82, 2.24) is 9.29 Å². The summed E-state index contributed by atoms with van der Waals surface area (Å²) in [5.74, 6) is -2.14. The molecule has 1 aromatic carbocycles. The summed E-state index contributed by atoms with van der Waals surface area (Å²) in [6.07, 6.45) is 1.19. The highest BCUT2D eigenvalue weighted by molar-refractivity contribution is 7.88. The second kappa shape index (κ2) is 6.54. The van der Waals surface area contributed by atoms with Crippen LogP contribution in [-0.2, 0) is 15.0 Å². The van der Waals surface area contributed by atoms with E-state index >= 15 is 0 Å². The number of benzene rings is 1. The van der Waals surface area contributed by atoms with E-state index in [1.165, 1.54) is 24.3 Å². The molecule has 0 unspecified atom stereocenters. The first-order valence-corrected chi connectivity index (χ1v) is 8.86. The van der Waals surface area contributed by atoms with Crippen LogP contribution in [0.15, 0.2) is 46.5 Å². The Morgan fingerprint density at radius 1 is 1.27 bits per heavy atom. The lowest BCUT2D eigenvalue weighted by Gasteiger charge is -2.23. The van der Waals surface area contributed by atoms with Gasteiger partial charge >= 0.3 is 10.2 Å². The lowest BCUT2D eigenvalue weighted by molar-refractivity contribution is -0.113. The van der Waals surface area contributed by atoms with Crippen LogP contribution in [0.4, 0.5) is 14.5 Å². The zero-order chi connectivity index (χ0) is 19.1. The molecule has 1 aliphatic heterocycles. The number of anilines is 1. The number of aromatic amines is 1. The second-order valence-electron chi connectivity index (χ2n) is 5.25. The highest BCUT2D eigenvalue weighted by Gasteiger charge is 2.30. The minimum absolute atomic E-state index is 0.0919. The molecule has 11 heteroatoms. The van der Waals surface area contributed by atoms with Gasteiger partial charge in [0.1, 0.15) is 17.2 Å². The summed E-state index contributed by atoms with van der Waals surface area (Å²) in [4.78, 5) is 14.8. The molecule has 3 rings (SSSR count). The number of carbonyl (C=O) groups excluding carboxylic acids is 1. The average Bonchev–Trinajstić information content (AvgIpc) is 2.99. The van der Waals surface area contributed by atoms with Crippen LogP contribution in [0.2, 0.25) is 5.02 Å². The number of amides is 1. The second-order valence-corrected chi connectivity index (χ2v) is 7.29. The first-order valence-electron chi connectivity index (χ1n) is 7.09. The van der Waals surface area contributed by atoms with Crippen LogP contribution in [0.1, 0.15) is 5.69 Å². The highest BCUT2D eigenvalue weighted by Crippen LogP contribution is 2.23. The highest BCUT2D eigenvalue weighted by atomic mass is 35.5. The van der Waals surface area contributed by atoms with E-state index in [4.69, 9.17) is 11.6 Å². The molecule has 2 heterocycles. The number of halogens is 3. The molecule has 1 aliphatic rings. The van der Waals surface area contributed by atoms with Crippen LogP contribution >= 0.6 is 11.6 Å². The quantitative estimate of drug-likeness (QED) is 0.828. The van der Waals surface area contributed by atoms with E-state index in [0.717, 1.165) is 19.2 Å². The number of hydrogen-bond acceptors (Lipinski definition) is 3. The standard InChI is InChI=1S/C15H11ClF2N4O3S/c1-22-13(15(23)19-8-2-3-10(17)9(16)6-8)7-12(21-26(22,24)25)11-4-5-14(18)20-11/h2-7,20H,1H3,(H,19,23). The Balaban J connectivity index is 1.95. The van der Waals surface area contributed by atoms with Crippen LogP contribution in [0.3, 0.4) is 0 Å². The summed E-state index contributed by atoms with van der Waals surface area (Å²) in [5.41, 5.74) is -0.128. The zero-order valence-electron chi connectivity index (χ0n) is 13.1. The minimum Gasteiger partial charge on any atom is -0.330 e. The normalized spacial score (nSPS) is 16.1. The molecule has 2 N–H and O–H groups in total. The molecule has 0 atom stereocenters. The van der Waals surface area contributed by atoms with E-state index in [9.17, 15) is 22.0 Å². The smallest absolute Gasteiger partial charge is 0.330 e. The van der Waals surface area contributed by atoms with Crippen molar-refractivity contribution in [2.75, 3.05) is 12.4 Å². The van der Waals surface area contributed by atoms with E-state index in [1.54, 1.807) is 0 Å². The van der Waals surface area contributed by atoms with Gasteiger partial charge in [-0.05, 0) is 36.4 Å². The molecule has 0 spiro atoms. The summed E-state index contributed by atoms with van der Waals surface area (Å²) in [6.45, 7) is 0. The molecule has 0 aliphatic carbocycles. The van der Waals surface area contributed by atoms with E-state index in [-0.39, 0.29) is 27.8 Å². The van der Waals surface area contributed by atoms with Crippen molar-refractivity contribution in [2.24, 2.45) is 4.40 Å². The van der Waals surface area contributed by atoms with Gasteiger partial charge in [0, 0.05) is 12.7 Å². The van der Waals surface area contributed by atoms with Crippen molar-refractivity contribution >= 4 is 39.1 Å². The van der Waals surface area contributed by atoms with Crippen LogP contribution in [0.25, 0.3) is 0 Å². The number of nitrogens with one attached hydrogen (secondary N) is 2. The summed E-state index contributed by atoms with van der Waals surface area (Å²) >= 11 is 5.66. The Hall–Kier alpha value is -2.72. The summed E-state index contributed by atoms with van der Waals surface area (Å²) < 4.78 is 54.9. The molecule has 7 nitrogen and oxygen atoms in total. The molecule has 0 fully saturated rings. The Bertz CT molecular complexity index is 1060. The Kier molecular flexibility index (Phi) is 4.55. The van der Waals surface area contributed by atoms with Crippen molar-refractivity contribution in [2.45, 2.75) is 0 Å². The fraction of sp³-hybridized carbons (Fsp3) is 0.0667. The number of carbonyl (C=O) groups is 1. The van der Waals surface area contributed by atoms with Gasteiger partial charge in [0.2, 0.25) is 0 Å². The van der Waals surface area contributed by atoms with E-state index < -0.39 is 27.9 Å². The predicted octanol–water partition coefficient (Wildman–Crippen LogP) is 2.45. The van der Waals surface area contributed by atoms with Gasteiger partial charge in [0.05, 0.1) is 10.7 Å². The number of H-pyrrole nitrogens is 1. The molecular formula is C15H11ClF2N4O3S. The third kappa shape index (κ3) is 3.46. The number of likely N-dealkylation sites (N-methyl/N-ethyl adjacent to an activating group) is 1.